The summed E-state index contributed by atoms with van der Waals surface area (Å²) in [6.45, 7) is 3.75. The molecule has 1 heterocycles. The molecule has 0 saturated carbocycles. The van der Waals surface area contributed by atoms with Crippen LogP contribution < -0.4 is 4.74 Å². The Kier molecular flexibility index (Phi) is 5.33. The predicted octanol–water partition coefficient (Wildman–Crippen LogP) is 4.35. The molecule has 1 aromatic heterocycles. The van der Waals surface area contributed by atoms with Gasteiger partial charge in [0.25, 0.3) is 5.91 Å². The molecule has 0 radical (unpaired) electrons. The van der Waals surface area contributed by atoms with E-state index < -0.39 is 5.97 Å². The van der Waals surface area contributed by atoms with Gasteiger partial charge in [-0.15, -0.1) is 6.58 Å². The molecule has 6 heteroatoms. The summed E-state index contributed by atoms with van der Waals surface area (Å²) in [5.41, 5.74) is 2.28. The molecule has 0 bridgehead atoms. The number of carbonyl (C=O) groups excluding carboxylic acids is 1. The number of benzene rings is 2. The molecule has 0 fully saturated rings. The van der Waals surface area contributed by atoms with Crippen LogP contribution in [-0.4, -0.2) is 28.7 Å². The average molecular weight is 384 g/mol. The standard InChI is InChI=1S/C21H18ClNO4/c1-3-4-18-17(12-20(24)25)16-11-15(27-2)9-10-19(16)23(18)21(26)13-5-7-14(22)8-6-13/h3,5-11H,1,4,12H2,2H3,(H,24,25). The van der Waals surface area contributed by atoms with Crippen molar-refractivity contribution in [1.29, 1.82) is 0 Å². The molecule has 2 aromatic carbocycles. The topological polar surface area (TPSA) is 68.5 Å². The molecule has 0 aliphatic rings. The van der Waals surface area contributed by atoms with Crippen molar-refractivity contribution in [2.75, 3.05) is 7.11 Å². The van der Waals surface area contributed by atoms with Crippen molar-refractivity contribution in [2.24, 2.45) is 0 Å². The van der Waals surface area contributed by atoms with E-state index in [0.717, 1.165) is 0 Å². The summed E-state index contributed by atoms with van der Waals surface area (Å²) in [5, 5.41) is 10.6. The van der Waals surface area contributed by atoms with E-state index in [9.17, 15) is 14.7 Å². The van der Waals surface area contributed by atoms with Crippen LogP contribution in [0.3, 0.4) is 0 Å². The van der Waals surface area contributed by atoms with Crippen molar-refractivity contribution in [1.82, 2.24) is 4.57 Å². The SMILES string of the molecule is C=CCc1c(CC(=O)O)c2cc(OC)ccc2n1C(=O)c1ccc(Cl)cc1. The van der Waals surface area contributed by atoms with E-state index in [2.05, 4.69) is 6.58 Å². The molecule has 0 unspecified atom stereocenters. The molecule has 27 heavy (non-hydrogen) atoms. The maximum Gasteiger partial charge on any atom is 0.307 e. The molecule has 0 atom stereocenters. The number of hydrogen-bond acceptors (Lipinski definition) is 3. The van der Waals surface area contributed by atoms with Crippen LogP contribution in [-0.2, 0) is 17.6 Å². The number of allylic oxidation sites excluding steroid dienone is 1. The van der Waals surface area contributed by atoms with Crippen LogP contribution in [0, 0.1) is 0 Å². The lowest BCUT2D eigenvalue weighted by Crippen LogP contribution is -2.16. The van der Waals surface area contributed by atoms with Gasteiger partial charge in [-0.2, -0.15) is 0 Å². The Morgan fingerprint density at radius 2 is 1.93 bits per heavy atom. The zero-order chi connectivity index (χ0) is 19.6. The van der Waals surface area contributed by atoms with E-state index in [-0.39, 0.29) is 12.3 Å². The van der Waals surface area contributed by atoms with Gasteiger partial charge in [0.15, 0.2) is 0 Å². The van der Waals surface area contributed by atoms with Crippen LogP contribution in [0.25, 0.3) is 10.9 Å². The van der Waals surface area contributed by atoms with E-state index in [0.29, 0.717) is 44.9 Å². The van der Waals surface area contributed by atoms with Crippen LogP contribution in [0.1, 0.15) is 21.6 Å². The quantitative estimate of drug-likeness (QED) is 0.642. The van der Waals surface area contributed by atoms with E-state index in [1.54, 1.807) is 60.2 Å². The number of rotatable bonds is 6. The third-order valence-corrected chi connectivity index (χ3v) is 4.60. The number of nitrogens with zero attached hydrogens (tertiary/aromatic N) is 1. The highest BCUT2D eigenvalue weighted by Gasteiger charge is 2.23. The number of carboxylic acids is 1. The molecule has 3 rings (SSSR count). The monoisotopic (exact) mass is 383 g/mol. The number of carboxylic acid groups (broad SMARTS) is 1. The summed E-state index contributed by atoms with van der Waals surface area (Å²) < 4.78 is 6.83. The number of methoxy groups -OCH3 is 1. The molecule has 1 N–H and O–H groups in total. The Hall–Kier alpha value is -3.05. The number of hydrogen-bond donors (Lipinski definition) is 1. The Balaban J connectivity index is 2.30. The van der Waals surface area contributed by atoms with Gasteiger partial charge in [-0.3, -0.25) is 14.2 Å². The van der Waals surface area contributed by atoms with Crippen molar-refractivity contribution in [3.05, 3.63) is 77.0 Å². The van der Waals surface area contributed by atoms with Crippen molar-refractivity contribution in [3.8, 4) is 5.75 Å². The third kappa shape index (κ3) is 3.59. The first kappa shape index (κ1) is 18.7. The van der Waals surface area contributed by atoms with Crippen LogP contribution >= 0.6 is 11.6 Å². The molecule has 3 aromatic rings. The van der Waals surface area contributed by atoms with E-state index in [1.165, 1.54) is 0 Å². The van der Waals surface area contributed by atoms with Crippen molar-refractivity contribution >= 4 is 34.4 Å². The van der Waals surface area contributed by atoms with Gasteiger partial charge in [-0.05, 0) is 48.0 Å². The Morgan fingerprint density at radius 1 is 1.22 bits per heavy atom. The largest absolute Gasteiger partial charge is 0.497 e. The molecular weight excluding hydrogens is 366 g/mol. The minimum atomic E-state index is -0.971. The summed E-state index contributed by atoms with van der Waals surface area (Å²) in [7, 11) is 1.54. The van der Waals surface area contributed by atoms with Crippen molar-refractivity contribution < 1.29 is 19.4 Å². The van der Waals surface area contributed by atoms with E-state index in [4.69, 9.17) is 16.3 Å². The van der Waals surface area contributed by atoms with Crippen LogP contribution in [0.5, 0.6) is 5.75 Å². The first-order valence-corrected chi connectivity index (χ1v) is 8.67. The minimum absolute atomic E-state index is 0.201. The number of aliphatic carboxylic acids is 1. The van der Waals surface area contributed by atoms with Gasteiger partial charge in [0.05, 0.1) is 19.0 Å². The Labute approximate surface area is 161 Å². The fourth-order valence-corrected chi connectivity index (χ4v) is 3.29. The lowest BCUT2D eigenvalue weighted by Gasteiger charge is -2.10. The number of fused-ring (bicyclic) bond motifs is 1. The molecule has 5 nitrogen and oxygen atoms in total. The van der Waals surface area contributed by atoms with Crippen LogP contribution in [0.15, 0.2) is 55.1 Å². The number of aromatic nitrogens is 1. The second-order valence-electron chi connectivity index (χ2n) is 6.02. The lowest BCUT2D eigenvalue weighted by molar-refractivity contribution is -0.136. The molecule has 0 saturated heterocycles. The number of halogens is 1. The van der Waals surface area contributed by atoms with Gasteiger partial charge >= 0.3 is 5.97 Å². The second kappa shape index (κ2) is 7.68. The van der Waals surface area contributed by atoms with Crippen molar-refractivity contribution in [3.63, 3.8) is 0 Å². The molecule has 138 valence electrons. The highest BCUT2D eigenvalue weighted by atomic mass is 35.5. The molecule has 0 amide bonds. The Morgan fingerprint density at radius 3 is 2.52 bits per heavy atom. The summed E-state index contributed by atoms with van der Waals surface area (Å²) in [4.78, 5) is 24.7. The zero-order valence-corrected chi connectivity index (χ0v) is 15.5. The average Bonchev–Trinajstić information content (AvgIpc) is 2.94. The van der Waals surface area contributed by atoms with Gasteiger partial charge in [0.2, 0.25) is 0 Å². The van der Waals surface area contributed by atoms with Crippen LogP contribution in [0.2, 0.25) is 5.02 Å². The lowest BCUT2D eigenvalue weighted by atomic mass is 10.1. The summed E-state index contributed by atoms with van der Waals surface area (Å²) in [6, 6.07) is 11.9. The summed E-state index contributed by atoms with van der Waals surface area (Å²) in [5.74, 6) is -0.633. The Bertz CT molecular complexity index is 1030. The minimum Gasteiger partial charge on any atom is -0.497 e. The van der Waals surface area contributed by atoms with Crippen LogP contribution in [0.4, 0.5) is 0 Å². The molecular formula is C21H18ClNO4. The first-order chi connectivity index (χ1) is 13.0. The summed E-state index contributed by atoms with van der Waals surface area (Å²) in [6.07, 6.45) is 1.81. The molecule has 0 aliphatic heterocycles. The fraction of sp³-hybridized carbons (Fsp3) is 0.143. The molecule has 0 spiro atoms. The van der Waals surface area contributed by atoms with Gasteiger partial charge in [0, 0.05) is 28.1 Å². The zero-order valence-electron chi connectivity index (χ0n) is 14.7. The fourth-order valence-electron chi connectivity index (χ4n) is 3.17. The van der Waals surface area contributed by atoms with E-state index in [1.807, 2.05) is 0 Å². The van der Waals surface area contributed by atoms with Gasteiger partial charge in [-0.25, -0.2) is 0 Å². The highest BCUT2D eigenvalue weighted by molar-refractivity contribution is 6.30. The van der Waals surface area contributed by atoms with Gasteiger partial charge < -0.3 is 9.84 Å². The smallest absolute Gasteiger partial charge is 0.307 e. The predicted molar refractivity (Wildman–Crippen MR) is 105 cm³/mol. The highest BCUT2D eigenvalue weighted by Crippen LogP contribution is 2.31. The number of ether oxygens (including phenoxy) is 1. The van der Waals surface area contributed by atoms with Gasteiger partial charge in [-0.1, -0.05) is 17.7 Å². The maximum absolute atomic E-state index is 13.2. The number of carbonyl (C=O) groups is 2. The van der Waals surface area contributed by atoms with Gasteiger partial charge in [0.1, 0.15) is 5.75 Å². The van der Waals surface area contributed by atoms with E-state index >= 15 is 0 Å². The first-order valence-electron chi connectivity index (χ1n) is 8.29. The summed E-state index contributed by atoms with van der Waals surface area (Å²) >= 11 is 5.92. The molecule has 0 aliphatic carbocycles. The van der Waals surface area contributed by atoms with Crippen molar-refractivity contribution in [2.45, 2.75) is 12.8 Å². The second-order valence-corrected chi connectivity index (χ2v) is 6.46. The third-order valence-electron chi connectivity index (χ3n) is 4.35. The maximum atomic E-state index is 13.2. The normalized spacial score (nSPS) is 10.7.